The molecule has 7 aromatic rings. The third kappa shape index (κ3) is 2.34. The highest BCUT2D eigenvalue weighted by Gasteiger charge is 2.21. The molecule has 0 bridgehead atoms. The van der Waals surface area contributed by atoms with Gasteiger partial charge in [-0.05, 0) is 49.8 Å². The Hall–Kier alpha value is -5.06. The maximum absolute atomic E-state index is 9.68. The monoisotopic (exact) mass is 430 g/mol. The lowest BCUT2D eigenvalue weighted by molar-refractivity contribution is 1.27. The van der Waals surface area contributed by atoms with Gasteiger partial charge in [0.05, 0.1) is 0 Å². The third-order valence-corrected chi connectivity index (χ3v) is 6.67. The van der Waals surface area contributed by atoms with Crippen molar-refractivity contribution in [3.8, 4) is 6.07 Å². The smallest absolute Gasteiger partial charge is 0.307 e. The molecule has 0 saturated carbocycles. The first kappa shape index (κ1) is 18.5. The Bertz CT molecular complexity index is 2090. The number of benzene rings is 6. The normalized spacial score (nSPS) is 11.5. The van der Waals surface area contributed by atoms with Crippen molar-refractivity contribution in [1.82, 2.24) is 9.97 Å². The van der Waals surface area contributed by atoms with Gasteiger partial charge in [0.1, 0.15) is 11.6 Å². The van der Waals surface area contributed by atoms with Gasteiger partial charge in [-0.1, -0.05) is 79.4 Å². The Labute approximate surface area is 194 Å². The number of nitrogens with zero attached hydrogens (tertiary/aromatic N) is 4. The lowest BCUT2D eigenvalue weighted by Crippen LogP contribution is -1.95. The summed E-state index contributed by atoms with van der Waals surface area (Å²) in [5.41, 5.74) is 1.36. The van der Waals surface area contributed by atoms with Gasteiger partial charge in [0.15, 0.2) is 11.2 Å². The van der Waals surface area contributed by atoms with Crippen LogP contribution in [0.5, 0.6) is 0 Å². The summed E-state index contributed by atoms with van der Waals surface area (Å²) in [7, 11) is 0. The molecule has 154 valence electrons. The molecule has 6 aromatic carbocycles. The van der Waals surface area contributed by atoms with Crippen molar-refractivity contribution in [3.05, 3.63) is 102 Å². The molecule has 0 aliphatic rings. The summed E-state index contributed by atoms with van der Waals surface area (Å²) in [6, 6.07) is 31.4. The molecule has 0 saturated heterocycles. The predicted octanol–water partition coefficient (Wildman–Crippen LogP) is 7.82. The number of nitriles is 1. The number of rotatable bonds is 0. The fraction of sp³-hybridized carbons (Fsp3) is 0. The van der Waals surface area contributed by atoms with Crippen LogP contribution in [0.2, 0.25) is 0 Å². The minimum absolute atomic E-state index is 0.0358. The number of aromatic nitrogens is 2. The van der Waals surface area contributed by atoms with Crippen LogP contribution in [-0.4, -0.2) is 9.97 Å². The Morgan fingerprint density at radius 3 is 1.79 bits per heavy atom. The van der Waals surface area contributed by atoms with Gasteiger partial charge in [-0.2, -0.15) is 5.26 Å². The second-order valence-electron chi connectivity index (χ2n) is 8.40. The average Bonchev–Trinajstić information content (AvgIpc) is 2.91. The van der Waals surface area contributed by atoms with Gasteiger partial charge in [0, 0.05) is 16.2 Å². The third-order valence-electron chi connectivity index (χ3n) is 6.67. The molecule has 0 N–H and O–H groups in total. The van der Waals surface area contributed by atoms with Crippen LogP contribution in [0, 0.1) is 17.9 Å². The van der Waals surface area contributed by atoms with E-state index in [0.29, 0.717) is 11.0 Å². The zero-order valence-electron chi connectivity index (χ0n) is 17.9. The topological polar surface area (TPSA) is 53.9 Å². The van der Waals surface area contributed by atoms with Crippen molar-refractivity contribution in [3.63, 3.8) is 0 Å². The molecule has 34 heavy (non-hydrogen) atoms. The van der Waals surface area contributed by atoms with E-state index in [1.54, 1.807) is 0 Å². The van der Waals surface area contributed by atoms with Gasteiger partial charge in [-0.3, -0.25) is 0 Å². The number of hydrogen-bond donors (Lipinski definition) is 0. The number of fused-ring (bicyclic) bond motifs is 12. The molecule has 0 unspecified atom stereocenters. The van der Waals surface area contributed by atoms with E-state index >= 15 is 0 Å². The van der Waals surface area contributed by atoms with Crippen LogP contribution in [0.4, 0.5) is 5.82 Å². The van der Waals surface area contributed by atoms with Crippen molar-refractivity contribution >= 4 is 70.7 Å². The molecule has 4 heteroatoms. The summed E-state index contributed by atoms with van der Waals surface area (Å²) in [4.78, 5) is 13.0. The molecule has 1 heterocycles. The molecule has 4 nitrogen and oxygen atoms in total. The van der Waals surface area contributed by atoms with Crippen molar-refractivity contribution in [2.75, 3.05) is 0 Å². The van der Waals surface area contributed by atoms with E-state index in [4.69, 9.17) is 16.5 Å². The molecule has 1 aromatic heterocycles. The standard InChI is InChI=1S/C30H14N4/c1-32-30-25(16-31)33-28-24-15-18-9-3-2-8-17(18)14-23(24)26-21-12-6-4-10-19(21)20-11-5-7-13-22(20)27(26)29(28)34-30/h2-15H. The maximum Gasteiger partial charge on any atom is 0.307 e. The average molecular weight is 430 g/mol. The second-order valence-corrected chi connectivity index (χ2v) is 8.40. The second kappa shape index (κ2) is 6.72. The number of hydrogen-bond acceptors (Lipinski definition) is 3. The fourth-order valence-electron chi connectivity index (χ4n) is 5.25. The Morgan fingerprint density at radius 1 is 0.618 bits per heavy atom. The van der Waals surface area contributed by atoms with E-state index in [2.05, 4.69) is 71.6 Å². The Morgan fingerprint density at radius 2 is 1.18 bits per heavy atom. The minimum atomic E-state index is 0.0358. The molecule has 0 aliphatic carbocycles. The molecule has 7 rings (SSSR count). The van der Waals surface area contributed by atoms with Crippen LogP contribution in [0.3, 0.4) is 0 Å². The van der Waals surface area contributed by atoms with Crippen LogP contribution in [0.25, 0.3) is 69.7 Å². The first-order valence-electron chi connectivity index (χ1n) is 11.0. The zero-order chi connectivity index (χ0) is 22.8. The van der Waals surface area contributed by atoms with Crippen LogP contribution < -0.4 is 0 Å². The van der Waals surface area contributed by atoms with E-state index in [9.17, 15) is 5.26 Å². The van der Waals surface area contributed by atoms with Gasteiger partial charge >= 0.3 is 5.82 Å². The summed E-state index contributed by atoms with van der Waals surface area (Å²) < 4.78 is 0. The minimum Gasteiger partial charge on any atom is -0.358 e. The van der Waals surface area contributed by atoms with Crippen molar-refractivity contribution in [1.29, 1.82) is 5.26 Å². The first-order valence-corrected chi connectivity index (χ1v) is 11.0. The van der Waals surface area contributed by atoms with Crippen molar-refractivity contribution in [2.24, 2.45) is 0 Å². The fourth-order valence-corrected chi connectivity index (χ4v) is 5.25. The highest BCUT2D eigenvalue weighted by molar-refractivity contribution is 6.39. The summed E-state index contributed by atoms with van der Waals surface area (Å²) in [6.45, 7) is 7.61. The Balaban J connectivity index is 1.93. The highest BCUT2D eigenvalue weighted by atomic mass is 14.9. The van der Waals surface area contributed by atoms with Gasteiger partial charge in [-0.15, -0.1) is 4.98 Å². The molecule has 0 spiro atoms. The van der Waals surface area contributed by atoms with Gasteiger partial charge in [0.25, 0.3) is 0 Å². The van der Waals surface area contributed by atoms with Gasteiger partial charge in [-0.25, -0.2) is 4.98 Å². The molecule has 0 radical (unpaired) electrons. The maximum atomic E-state index is 9.68. The summed E-state index contributed by atoms with van der Waals surface area (Å²) >= 11 is 0. The van der Waals surface area contributed by atoms with Crippen molar-refractivity contribution < 1.29 is 0 Å². The molecular formula is C30H14N4. The quantitative estimate of drug-likeness (QED) is 0.140. The van der Waals surface area contributed by atoms with Crippen LogP contribution in [0.1, 0.15) is 5.69 Å². The molecule has 0 fully saturated rings. The summed E-state index contributed by atoms with van der Waals surface area (Å²) in [6.07, 6.45) is 0. The first-order chi connectivity index (χ1) is 16.8. The van der Waals surface area contributed by atoms with E-state index in [-0.39, 0.29) is 11.5 Å². The van der Waals surface area contributed by atoms with Crippen LogP contribution >= 0.6 is 0 Å². The summed E-state index contributed by atoms with van der Waals surface area (Å²) in [5.74, 6) is 0.0358. The zero-order valence-corrected chi connectivity index (χ0v) is 17.9. The molecule has 0 amide bonds. The molecule has 0 atom stereocenters. The van der Waals surface area contributed by atoms with E-state index in [1.165, 1.54) is 5.39 Å². The van der Waals surface area contributed by atoms with E-state index < -0.39 is 0 Å². The lowest BCUT2D eigenvalue weighted by atomic mass is 9.89. The summed E-state index contributed by atoms with van der Waals surface area (Å²) in [5, 5.41) is 20.5. The molecule has 0 aliphatic heterocycles. The lowest BCUT2D eigenvalue weighted by Gasteiger charge is -2.15. The van der Waals surface area contributed by atoms with Crippen LogP contribution in [-0.2, 0) is 0 Å². The van der Waals surface area contributed by atoms with Gasteiger partial charge < -0.3 is 4.85 Å². The largest absolute Gasteiger partial charge is 0.358 e. The van der Waals surface area contributed by atoms with Crippen LogP contribution in [0.15, 0.2) is 84.9 Å². The van der Waals surface area contributed by atoms with E-state index in [0.717, 1.165) is 48.5 Å². The highest BCUT2D eigenvalue weighted by Crippen LogP contribution is 2.44. The van der Waals surface area contributed by atoms with Gasteiger partial charge in [0.2, 0.25) is 0 Å². The SMILES string of the molecule is [C-]#[N+]c1nc2c(nc1C#N)c1cc3ccccc3cc1c1c3ccccc3c3ccccc3c21. The molecular weight excluding hydrogens is 416 g/mol. The predicted molar refractivity (Wildman–Crippen MR) is 138 cm³/mol. The van der Waals surface area contributed by atoms with Crippen molar-refractivity contribution in [2.45, 2.75) is 0 Å². The Kier molecular flexibility index (Phi) is 3.66. The van der Waals surface area contributed by atoms with E-state index in [1.807, 2.05) is 24.3 Å².